The topological polar surface area (TPSA) is 215 Å². The van der Waals surface area contributed by atoms with Gasteiger partial charge in [-0.2, -0.15) is 0 Å². The van der Waals surface area contributed by atoms with Gasteiger partial charge >= 0.3 is 5.97 Å². The molecule has 0 aromatic heterocycles. The van der Waals surface area contributed by atoms with E-state index in [1.165, 1.54) is 64.2 Å². The first-order chi connectivity index (χ1) is 14.0. The summed E-state index contributed by atoms with van der Waals surface area (Å²) in [6.45, 7) is -0.846. The van der Waals surface area contributed by atoms with Gasteiger partial charge in [0, 0.05) is 0 Å². The van der Waals surface area contributed by atoms with Gasteiger partial charge in [0.1, 0.15) is 13.9 Å². The number of phosphoric ester groups is 1. The number of cyclic esters (lactones) is 1. The third-order valence-electron chi connectivity index (χ3n) is 5.11. The second-order valence-corrected chi connectivity index (χ2v) is 8.91. The zero-order valence-electron chi connectivity index (χ0n) is 17.2. The molecule has 3 rings (SSSR count). The fourth-order valence-corrected chi connectivity index (χ4v) is 3.78. The van der Waals surface area contributed by atoms with Gasteiger partial charge in [0.2, 0.25) is 0 Å². The van der Waals surface area contributed by atoms with E-state index >= 15 is 0 Å². The summed E-state index contributed by atoms with van der Waals surface area (Å²) >= 11 is 0. The zero-order chi connectivity index (χ0) is 22.7. The number of carbonyl (C=O) groups excluding carboxylic acids is 1. The van der Waals surface area contributed by atoms with Crippen molar-refractivity contribution in [3.8, 4) is 0 Å². The van der Waals surface area contributed by atoms with Gasteiger partial charge in [-0.3, -0.25) is 0 Å². The lowest BCUT2D eigenvalue weighted by Crippen LogP contribution is -2.61. The normalized spacial score (nSPS) is 24.2. The molecule has 1 heterocycles. The van der Waals surface area contributed by atoms with Crippen LogP contribution in [0.1, 0.15) is 64.2 Å². The van der Waals surface area contributed by atoms with Crippen molar-refractivity contribution in [2.24, 2.45) is 0 Å². The molecule has 3 aliphatic rings. The molecule has 0 unspecified atom stereocenters. The van der Waals surface area contributed by atoms with E-state index in [0.717, 1.165) is 12.1 Å². The third-order valence-corrected chi connectivity index (χ3v) is 5.52. The summed E-state index contributed by atoms with van der Waals surface area (Å²) < 4.78 is 18.2. The van der Waals surface area contributed by atoms with Crippen LogP contribution < -0.4 is 21.3 Å². The van der Waals surface area contributed by atoms with Crippen molar-refractivity contribution >= 4 is 13.8 Å². The summed E-state index contributed by atoms with van der Waals surface area (Å²) in [5, 5.41) is 26.8. The predicted octanol–water partition coefficient (Wildman–Crippen LogP) is -2.00. The highest BCUT2D eigenvalue weighted by atomic mass is 31.2. The maximum absolute atomic E-state index is 10.9. The highest BCUT2D eigenvalue weighted by Gasteiger charge is 2.40. The van der Waals surface area contributed by atoms with Gasteiger partial charge in [0.25, 0.3) is 5.76 Å². The van der Waals surface area contributed by atoms with Gasteiger partial charge in [-0.1, -0.05) is 12.8 Å². The molecule has 0 spiro atoms. The number of aliphatic hydroxyl groups is 3. The summed E-state index contributed by atoms with van der Waals surface area (Å²) in [6.07, 6.45) is 10.8. The maximum atomic E-state index is 10.9. The monoisotopic (exact) mass is 454 g/mol. The Morgan fingerprint density at radius 1 is 1.03 bits per heavy atom. The van der Waals surface area contributed by atoms with Crippen molar-refractivity contribution in [2.45, 2.75) is 88.5 Å². The number of carbonyl (C=O) groups is 1. The molecule has 30 heavy (non-hydrogen) atoms. The molecule has 9 N–H and O–H groups in total. The highest BCUT2D eigenvalue weighted by Crippen LogP contribution is 2.35. The van der Waals surface area contributed by atoms with Gasteiger partial charge in [-0.05, 0) is 51.4 Å². The molecular weight excluding hydrogens is 419 g/mol. The van der Waals surface area contributed by atoms with E-state index < -0.39 is 44.1 Å². The van der Waals surface area contributed by atoms with E-state index in [0.29, 0.717) is 0 Å². The highest BCUT2D eigenvalue weighted by molar-refractivity contribution is 7.43. The number of quaternary nitrogens is 2. The second-order valence-electron chi connectivity index (χ2n) is 7.84. The van der Waals surface area contributed by atoms with Crippen LogP contribution in [0.5, 0.6) is 0 Å². The lowest BCUT2D eigenvalue weighted by molar-refractivity contribution is -0.425. The van der Waals surface area contributed by atoms with Crippen LogP contribution in [0.2, 0.25) is 0 Å². The Labute approximate surface area is 176 Å². The Morgan fingerprint density at radius 2 is 1.47 bits per heavy atom. The zero-order valence-corrected chi connectivity index (χ0v) is 18.1. The van der Waals surface area contributed by atoms with E-state index in [1.807, 2.05) is 0 Å². The van der Waals surface area contributed by atoms with Crippen molar-refractivity contribution in [3.63, 3.8) is 0 Å². The fourth-order valence-electron chi connectivity index (χ4n) is 3.39. The van der Waals surface area contributed by atoms with Crippen LogP contribution in [-0.4, -0.2) is 52.2 Å². The molecule has 11 nitrogen and oxygen atoms in total. The van der Waals surface area contributed by atoms with Gasteiger partial charge < -0.3 is 50.4 Å². The van der Waals surface area contributed by atoms with Crippen LogP contribution >= 0.6 is 7.82 Å². The fraction of sp³-hybridized carbons (Fsp3) is 0.833. The summed E-state index contributed by atoms with van der Waals surface area (Å²) in [6, 6.07) is 1.57. The standard InChI is InChI=1S/2C6H13N.C6H9O9P/c2*7-6-4-2-1-3-5-6;7-1-2(8)4-3(9)5(6(10)14-4)15-16(11,12)13/h2*6H,1-5,7H2;2,4,7-9H,1H2,(H2,11,12,13)/t;;2-,4+/m..0/s1. The Balaban J connectivity index is 0.000000263. The van der Waals surface area contributed by atoms with Crippen LogP contribution in [0.15, 0.2) is 11.5 Å². The Bertz CT molecular complexity index is 582. The van der Waals surface area contributed by atoms with Crippen molar-refractivity contribution < 1.29 is 55.2 Å². The predicted molar refractivity (Wildman–Crippen MR) is 101 cm³/mol. The molecule has 1 aliphatic heterocycles. The van der Waals surface area contributed by atoms with E-state index in [1.54, 1.807) is 0 Å². The molecule has 0 radical (unpaired) electrons. The number of aliphatic hydroxyl groups excluding tert-OH is 3. The van der Waals surface area contributed by atoms with Crippen LogP contribution in [-0.2, 0) is 18.6 Å². The van der Waals surface area contributed by atoms with E-state index in [-0.39, 0.29) is 0 Å². The molecule has 12 heteroatoms. The number of esters is 1. The van der Waals surface area contributed by atoms with Gasteiger partial charge in [0.05, 0.1) is 18.7 Å². The first-order valence-corrected chi connectivity index (χ1v) is 11.8. The van der Waals surface area contributed by atoms with Gasteiger partial charge in [-0.15, -0.1) is 0 Å². The van der Waals surface area contributed by atoms with Crippen LogP contribution in [0, 0.1) is 0 Å². The van der Waals surface area contributed by atoms with Crippen molar-refractivity contribution in [1.82, 2.24) is 0 Å². The number of hydrogen-bond acceptors (Lipinski definition) is 9. The molecule has 176 valence electrons. The van der Waals surface area contributed by atoms with E-state index in [4.69, 9.17) is 10.2 Å². The molecule has 2 saturated carbocycles. The molecule has 0 saturated heterocycles. The first kappa shape index (κ1) is 26.8. The molecule has 2 fully saturated rings. The molecule has 0 aromatic rings. The molecule has 2 atom stereocenters. The van der Waals surface area contributed by atoms with Gasteiger partial charge in [-0.25, -0.2) is 4.79 Å². The molecule has 2 aliphatic carbocycles. The number of ether oxygens (including phenoxy) is 1. The number of rotatable bonds is 4. The van der Waals surface area contributed by atoms with Crippen LogP contribution in [0.4, 0.5) is 0 Å². The summed E-state index contributed by atoms with van der Waals surface area (Å²) in [5.74, 6) is -3.67. The van der Waals surface area contributed by atoms with Crippen LogP contribution in [0.3, 0.4) is 0 Å². The lowest BCUT2D eigenvalue weighted by Gasteiger charge is -2.28. The summed E-state index contributed by atoms with van der Waals surface area (Å²) in [5.41, 5.74) is 8.00. The molecule has 0 aromatic carbocycles. The quantitative estimate of drug-likeness (QED) is 0.234. The summed E-state index contributed by atoms with van der Waals surface area (Å²) in [4.78, 5) is 31.4. The minimum atomic E-state index is -5.52. The SMILES string of the molecule is O=C1O[C@H]([C@@H](O)CO)C(O)=C1OP(=O)([O-])[O-].[NH3+]C1CCCCC1.[NH3+]C1CCCCC1. The maximum Gasteiger partial charge on any atom is 0.378 e. The minimum absolute atomic E-state index is 0.786. The Morgan fingerprint density at radius 3 is 1.77 bits per heavy atom. The van der Waals surface area contributed by atoms with Crippen molar-refractivity contribution in [2.75, 3.05) is 6.61 Å². The molecule has 0 amide bonds. The molecular formula is C18H35N2O9P. The van der Waals surface area contributed by atoms with E-state index in [2.05, 4.69) is 20.7 Å². The first-order valence-electron chi connectivity index (χ1n) is 10.4. The largest absolute Gasteiger partial charge is 0.780 e. The number of phosphoric acid groups is 1. The summed E-state index contributed by atoms with van der Waals surface area (Å²) in [7, 11) is -5.52. The van der Waals surface area contributed by atoms with Gasteiger partial charge in [0.15, 0.2) is 11.9 Å². The molecule has 0 bridgehead atoms. The number of hydrogen-bond donors (Lipinski definition) is 5. The van der Waals surface area contributed by atoms with Crippen molar-refractivity contribution in [3.05, 3.63) is 11.5 Å². The average Bonchev–Trinajstić information content (AvgIpc) is 2.96. The Hall–Kier alpha value is -1.20. The third kappa shape index (κ3) is 10.2. The second kappa shape index (κ2) is 13.3. The van der Waals surface area contributed by atoms with Crippen LogP contribution in [0.25, 0.3) is 0 Å². The smallest absolute Gasteiger partial charge is 0.378 e. The van der Waals surface area contributed by atoms with E-state index in [9.17, 15) is 24.3 Å². The average molecular weight is 454 g/mol. The lowest BCUT2D eigenvalue weighted by atomic mass is 9.97. The van der Waals surface area contributed by atoms with Crippen molar-refractivity contribution in [1.29, 1.82) is 0 Å². The Kier molecular flexibility index (Phi) is 11.9. The minimum Gasteiger partial charge on any atom is -0.780 e.